The van der Waals surface area contributed by atoms with Crippen molar-refractivity contribution in [3.8, 4) is 0 Å². The first kappa shape index (κ1) is 20.6. The van der Waals surface area contributed by atoms with Crippen molar-refractivity contribution >= 4 is 21.9 Å². The molecule has 1 amide bonds. The van der Waals surface area contributed by atoms with Gasteiger partial charge in [-0.25, -0.2) is 17.9 Å². The molecule has 2 rings (SSSR count). The normalized spacial score (nSPS) is 12.2. The molecule has 0 aliphatic heterocycles. The van der Waals surface area contributed by atoms with Gasteiger partial charge in [-0.05, 0) is 37.6 Å². The predicted molar refractivity (Wildman–Crippen MR) is 100 cm³/mol. The van der Waals surface area contributed by atoms with Crippen molar-refractivity contribution in [1.29, 1.82) is 0 Å². The largest absolute Gasteiger partial charge is 0.449 e. The van der Waals surface area contributed by atoms with Crippen molar-refractivity contribution in [2.75, 3.05) is 6.54 Å². The van der Waals surface area contributed by atoms with E-state index in [1.165, 1.54) is 31.2 Å². The number of hydrogen-bond acceptors (Lipinski definition) is 5. The van der Waals surface area contributed by atoms with Crippen LogP contribution in [0.4, 0.5) is 0 Å². The summed E-state index contributed by atoms with van der Waals surface area (Å²) < 4.78 is 32.5. The van der Waals surface area contributed by atoms with Crippen molar-refractivity contribution in [3.63, 3.8) is 0 Å². The summed E-state index contributed by atoms with van der Waals surface area (Å²) in [7, 11) is -3.80. The topological polar surface area (TPSA) is 102 Å². The number of carbonyl (C=O) groups is 2. The van der Waals surface area contributed by atoms with Gasteiger partial charge >= 0.3 is 5.97 Å². The highest BCUT2D eigenvalue weighted by Crippen LogP contribution is 2.14. The zero-order chi connectivity index (χ0) is 19.9. The Labute approximate surface area is 158 Å². The standard InChI is InChI=1S/C19H22N2O5S/c1-3-20-18(22)14(2)26-19(23)16-10-7-11-17(12-16)27(24,25)21-13-15-8-5-4-6-9-15/h4-12,14,21H,3,13H2,1-2H3,(H,20,22)/t14-/m1/s1. The number of hydrogen-bond donors (Lipinski definition) is 2. The highest BCUT2D eigenvalue weighted by atomic mass is 32.2. The fraction of sp³-hybridized carbons (Fsp3) is 0.263. The van der Waals surface area contributed by atoms with Gasteiger partial charge in [0.1, 0.15) is 0 Å². The van der Waals surface area contributed by atoms with Crippen molar-refractivity contribution in [3.05, 3.63) is 65.7 Å². The van der Waals surface area contributed by atoms with Crippen LogP contribution in [0.5, 0.6) is 0 Å². The molecule has 0 radical (unpaired) electrons. The molecule has 0 saturated heterocycles. The Balaban J connectivity index is 2.09. The first-order valence-corrected chi connectivity index (χ1v) is 9.94. The van der Waals surface area contributed by atoms with Gasteiger partial charge in [0, 0.05) is 13.1 Å². The molecule has 8 heteroatoms. The van der Waals surface area contributed by atoms with E-state index in [2.05, 4.69) is 10.0 Å². The maximum atomic E-state index is 12.5. The molecule has 0 aliphatic carbocycles. The van der Waals surface area contributed by atoms with Crippen molar-refractivity contribution in [2.24, 2.45) is 0 Å². The number of carbonyl (C=O) groups excluding carboxylic acids is 2. The zero-order valence-corrected chi connectivity index (χ0v) is 16.0. The second kappa shape index (κ2) is 9.29. The van der Waals surface area contributed by atoms with Crippen LogP contribution in [-0.2, 0) is 26.1 Å². The van der Waals surface area contributed by atoms with Crippen LogP contribution < -0.4 is 10.0 Å². The summed E-state index contributed by atoms with van der Waals surface area (Å²) in [5.74, 6) is -1.19. The summed E-state index contributed by atoms with van der Waals surface area (Å²) >= 11 is 0. The summed E-state index contributed by atoms with van der Waals surface area (Å²) in [6.07, 6.45) is -0.978. The molecule has 7 nitrogen and oxygen atoms in total. The Morgan fingerprint density at radius 3 is 2.44 bits per heavy atom. The highest BCUT2D eigenvalue weighted by molar-refractivity contribution is 7.89. The lowest BCUT2D eigenvalue weighted by Gasteiger charge is -2.13. The van der Waals surface area contributed by atoms with Gasteiger partial charge in [0.05, 0.1) is 10.5 Å². The van der Waals surface area contributed by atoms with Crippen LogP contribution in [0.3, 0.4) is 0 Å². The van der Waals surface area contributed by atoms with Gasteiger partial charge in [0.25, 0.3) is 5.91 Å². The minimum Gasteiger partial charge on any atom is -0.449 e. The third kappa shape index (κ3) is 5.90. The molecular weight excluding hydrogens is 368 g/mol. The summed E-state index contributed by atoms with van der Waals surface area (Å²) in [6.45, 7) is 3.75. The number of esters is 1. The van der Waals surface area contributed by atoms with E-state index in [0.717, 1.165) is 5.56 Å². The lowest BCUT2D eigenvalue weighted by atomic mass is 10.2. The summed E-state index contributed by atoms with van der Waals surface area (Å²) in [5.41, 5.74) is 0.862. The van der Waals surface area contributed by atoms with E-state index in [-0.39, 0.29) is 17.0 Å². The highest BCUT2D eigenvalue weighted by Gasteiger charge is 2.20. The molecule has 0 heterocycles. The Hall–Kier alpha value is -2.71. The van der Waals surface area contributed by atoms with Gasteiger partial charge in [-0.2, -0.15) is 0 Å². The molecule has 0 fully saturated rings. The fourth-order valence-electron chi connectivity index (χ4n) is 2.25. The van der Waals surface area contributed by atoms with E-state index in [0.29, 0.717) is 6.54 Å². The van der Waals surface area contributed by atoms with E-state index >= 15 is 0 Å². The predicted octanol–water partition coefficient (Wildman–Crippen LogP) is 1.85. The third-order valence-corrected chi connectivity index (χ3v) is 5.09. The Morgan fingerprint density at radius 2 is 1.78 bits per heavy atom. The zero-order valence-electron chi connectivity index (χ0n) is 15.1. The maximum Gasteiger partial charge on any atom is 0.338 e. The molecule has 2 aromatic carbocycles. The minimum absolute atomic E-state index is 0.0498. The van der Waals surface area contributed by atoms with Gasteiger partial charge in [-0.1, -0.05) is 36.4 Å². The second-order valence-electron chi connectivity index (χ2n) is 5.78. The van der Waals surface area contributed by atoms with E-state index in [4.69, 9.17) is 4.74 Å². The molecule has 0 aromatic heterocycles. The number of ether oxygens (including phenoxy) is 1. The quantitative estimate of drug-likeness (QED) is 0.670. The van der Waals surface area contributed by atoms with Crippen molar-refractivity contribution in [1.82, 2.24) is 10.0 Å². The summed E-state index contributed by atoms with van der Waals surface area (Å²) in [4.78, 5) is 23.8. The SMILES string of the molecule is CCNC(=O)[C@@H](C)OC(=O)c1cccc(S(=O)(=O)NCc2ccccc2)c1. The molecule has 2 aromatic rings. The Kier molecular flexibility index (Phi) is 7.09. The molecule has 0 spiro atoms. The molecule has 2 N–H and O–H groups in total. The number of rotatable bonds is 8. The van der Waals surface area contributed by atoms with E-state index < -0.39 is 28.0 Å². The van der Waals surface area contributed by atoms with Gasteiger partial charge in [0.2, 0.25) is 10.0 Å². The number of sulfonamides is 1. The van der Waals surface area contributed by atoms with E-state index in [1.54, 1.807) is 19.1 Å². The average molecular weight is 390 g/mol. The molecule has 27 heavy (non-hydrogen) atoms. The molecule has 1 atom stereocenters. The van der Waals surface area contributed by atoms with Crippen LogP contribution >= 0.6 is 0 Å². The summed E-state index contributed by atoms with van der Waals surface area (Å²) in [5, 5.41) is 2.55. The molecule has 0 saturated carbocycles. The van der Waals surface area contributed by atoms with Crippen molar-refractivity contribution in [2.45, 2.75) is 31.4 Å². The van der Waals surface area contributed by atoms with Crippen LogP contribution in [0, 0.1) is 0 Å². The molecule has 0 aliphatic rings. The van der Waals surface area contributed by atoms with E-state index in [9.17, 15) is 18.0 Å². The average Bonchev–Trinajstić information content (AvgIpc) is 2.67. The van der Waals surface area contributed by atoms with E-state index in [1.807, 2.05) is 18.2 Å². The number of likely N-dealkylation sites (N-methyl/N-ethyl adjacent to an activating group) is 1. The van der Waals surface area contributed by atoms with Crippen LogP contribution in [0.1, 0.15) is 29.8 Å². The van der Waals surface area contributed by atoms with Crippen LogP contribution in [0.25, 0.3) is 0 Å². The monoisotopic (exact) mass is 390 g/mol. The number of benzene rings is 2. The number of nitrogens with one attached hydrogen (secondary N) is 2. The van der Waals surface area contributed by atoms with Crippen LogP contribution in [-0.4, -0.2) is 32.9 Å². The smallest absolute Gasteiger partial charge is 0.338 e. The Morgan fingerprint density at radius 1 is 1.07 bits per heavy atom. The molecular formula is C19H22N2O5S. The fourth-order valence-corrected chi connectivity index (χ4v) is 3.31. The molecule has 0 bridgehead atoms. The molecule has 0 unspecified atom stereocenters. The number of amides is 1. The first-order valence-electron chi connectivity index (χ1n) is 8.46. The summed E-state index contributed by atoms with van der Waals surface area (Å²) in [6, 6.07) is 14.6. The van der Waals surface area contributed by atoms with Gasteiger partial charge < -0.3 is 10.1 Å². The van der Waals surface area contributed by atoms with Crippen LogP contribution in [0.15, 0.2) is 59.5 Å². The van der Waals surface area contributed by atoms with Gasteiger partial charge in [0.15, 0.2) is 6.10 Å². The maximum absolute atomic E-state index is 12.5. The third-order valence-electron chi connectivity index (χ3n) is 3.69. The molecule has 144 valence electrons. The lowest BCUT2D eigenvalue weighted by Crippen LogP contribution is -2.35. The van der Waals surface area contributed by atoms with Crippen molar-refractivity contribution < 1.29 is 22.7 Å². The second-order valence-corrected chi connectivity index (χ2v) is 7.55. The van der Waals surface area contributed by atoms with Gasteiger partial charge in [-0.15, -0.1) is 0 Å². The van der Waals surface area contributed by atoms with Crippen LogP contribution in [0.2, 0.25) is 0 Å². The lowest BCUT2D eigenvalue weighted by molar-refractivity contribution is -0.128. The first-order chi connectivity index (χ1) is 12.8. The minimum atomic E-state index is -3.80. The Bertz CT molecular complexity index is 897. The van der Waals surface area contributed by atoms with Gasteiger partial charge in [-0.3, -0.25) is 4.79 Å².